The molecule has 0 amide bonds. The fraction of sp³-hybridized carbons (Fsp3) is 0.357. The first-order chi connectivity index (χ1) is 9.93. The Hall–Kier alpha value is -2.08. The zero-order chi connectivity index (χ0) is 15.6. The van der Waals surface area contributed by atoms with E-state index in [0.717, 1.165) is 5.56 Å². The molecule has 1 aromatic heterocycles. The van der Waals surface area contributed by atoms with Gasteiger partial charge in [0.2, 0.25) is 5.82 Å². The fourth-order valence-electron chi connectivity index (χ4n) is 2.35. The first kappa shape index (κ1) is 15.3. The average molecular weight is 309 g/mol. The van der Waals surface area contributed by atoms with E-state index in [1.165, 1.54) is 0 Å². The Kier molecular flexibility index (Phi) is 4.47. The topological polar surface area (TPSA) is 64.2 Å². The van der Waals surface area contributed by atoms with E-state index in [9.17, 15) is 10.1 Å². The van der Waals surface area contributed by atoms with Crippen molar-refractivity contribution in [3.8, 4) is 0 Å². The first-order valence-electron chi connectivity index (χ1n) is 6.59. The molecule has 1 aromatic carbocycles. The van der Waals surface area contributed by atoms with Crippen LogP contribution in [0.3, 0.4) is 0 Å². The molecule has 0 N–H and O–H groups in total. The zero-order valence-electron chi connectivity index (χ0n) is 12.2. The molecule has 0 fully saturated rings. The average Bonchev–Trinajstić information content (AvgIpc) is 2.78. The van der Waals surface area contributed by atoms with Gasteiger partial charge in [-0.05, 0) is 24.1 Å². The number of hydrogen-bond acceptors (Lipinski definition) is 4. The van der Waals surface area contributed by atoms with Gasteiger partial charge in [0.1, 0.15) is 5.69 Å². The standard InChI is InChI=1S/C14H17ClN4O2/c1-4-12-13(19(20)21)14(18(3)16-12)17(2)9-10-5-7-11(15)8-6-10/h5-8H,4,9H2,1-3H3. The van der Waals surface area contributed by atoms with E-state index in [4.69, 9.17) is 11.6 Å². The van der Waals surface area contributed by atoms with Crippen LogP contribution in [0, 0.1) is 10.1 Å². The van der Waals surface area contributed by atoms with Crippen molar-refractivity contribution in [3.05, 3.63) is 50.7 Å². The summed E-state index contributed by atoms with van der Waals surface area (Å²) in [7, 11) is 3.54. The van der Waals surface area contributed by atoms with E-state index in [2.05, 4.69) is 5.10 Å². The third kappa shape index (κ3) is 3.16. The summed E-state index contributed by atoms with van der Waals surface area (Å²) >= 11 is 5.86. The lowest BCUT2D eigenvalue weighted by Gasteiger charge is -2.18. The Morgan fingerprint density at radius 2 is 2.00 bits per heavy atom. The maximum absolute atomic E-state index is 11.3. The Morgan fingerprint density at radius 1 is 1.38 bits per heavy atom. The number of aromatic nitrogens is 2. The fourth-order valence-corrected chi connectivity index (χ4v) is 2.48. The highest BCUT2D eigenvalue weighted by atomic mass is 35.5. The first-order valence-corrected chi connectivity index (χ1v) is 6.97. The lowest BCUT2D eigenvalue weighted by molar-refractivity contribution is -0.384. The quantitative estimate of drug-likeness (QED) is 0.628. The number of anilines is 1. The Labute approximate surface area is 128 Å². The summed E-state index contributed by atoms with van der Waals surface area (Å²) < 4.78 is 1.56. The largest absolute Gasteiger partial charge is 0.350 e. The summed E-state index contributed by atoms with van der Waals surface area (Å²) in [6.07, 6.45) is 0.527. The number of hydrogen-bond donors (Lipinski definition) is 0. The van der Waals surface area contributed by atoms with Crippen molar-refractivity contribution < 1.29 is 4.92 Å². The second-order valence-corrected chi connectivity index (χ2v) is 5.27. The van der Waals surface area contributed by atoms with Crippen molar-refractivity contribution in [1.82, 2.24) is 9.78 Å². The molecule has 0 saturated heterocycles. The smallest absolute Gasteiger partial charge is 0.334 e. The molecule has 0 atom stereocenters. The number of benzene rings is 1. The highest BCUT2D eigenvalue weighted by molar-refractivity contribution is 6.30. The lowest BCUT2D eigenvalue weighted by Crippen LogP contribution is -2.20. The van der Waals surface area contributed by atoms with Crippen molar-refractivity contribution in [2.24, 2.45) is 7.05 Å². The van der Waals surface area contributed by atoms with E-state index in [0.29, 0.717) is 29.5 Å². The van der Waals surface area contributed by atoms with Crippen LogP contribution < -0.4 is 4.90 Å². The molecule has 0 unspecified atom stereocenters. The van der Waals surface area contributed by atoms with Gasteiger partial charge < -0.3 is 4.90 Å². The van der Waals surface area contributed by atoms with Crippen LogP contribution in [0.4, 0.5) is 11.5 Å². The van der Waals surface area contributed by atoms with E-state index in [-0.39, 0.29) is 10.6 Å². The summed E-state index contributed by atoms with van der Waals surface area (Å²) in [5.41, 5.74) is 1.60. The van der Waals surface area contributed by atoms with Crippen molar-refractivity contribution in [1.29, 1.82) is 0 Å². The second-order valence-electron chi connectivity index (χ2n) is 4.84. The molecule has 6 nitrogen and oxygen atoms in total. The van der Waals surface area contributed by atoms with Crippen LogP contribution >= 0.6 is 11.6 Å². The third-order valence-electron chi connectivity index (χ3n) is 3.27. The van der Waals surface area contributed by atoms with Crippen molar-refractivity contribution in [2.75, 3.05) is 11.9 Å². The third-order valence-corrected chi connectivity index (χ3v) is 3.53. The predicted molar refractivity (Wildman–Crippen MR) is 82.8 cm³/mol. The number of rotatable bonds is 5. The summed E-state index contributed by atoms with van der Waals surface area (Å²) in [6, 6.07) is 7.42. The maximum Gasteiger partial charge on any atom is 0.334 e. The van der Waals surface area contributed by atoms with Crippen LogP contribution in [-0.4, -0.2) is 21.8 Å². The molecule has 0 bridgehead atoms. The van der Waals surface area contributed by atoms with Crippen molar-refractivity contribution >= 4 is 23.1 Å². The van der Waals surface area contributed by atoms with Crippen LogP contribution in [-0.2, 0) is 20.0 Å². The lowest BCUT2D eigenvalue weighted by atomic mass is 10.2. The van der Waals surface area contributed by atoms with Gasteiger partial charge in [0.25, 0.3) is 0 Å². The Bertz CT molecular complexity index is 652. The van der Waals surface area contributed by atoms with Gasteiger partial charge in [-0.15, -0.1) is 0 Å². The Morgan fingerprint density at radius 3 is 2.52 bits per heavy atom. The SMILES string of the molecule is CCc1nn(C)c(N(C)Cc2ccc(Cl)cc2)c1[N+](=O)[O-]. The van der Waals surface area contributed by atoms with E-state index in [1.54, 1.807) is 23.9 Å². The monoisotopic (exact) mass is 308 g/mol. The van der Waals surface area contributed by atoms with Crippen LogP contribution in [0.25, 0.3) is 0 Å². The molecule has 1 heterocycles. The van der Waals surface area contributed by atoms with Gasteiger partial charge in [0.05, 0.1) is 4.92 Å². The van der Waals surface area contributed by atoms with Gasteiger partial charge >= 0.3 is 5.69 Å². The molecule has 21 heavy (non-hydrogen) atoms. The number of aryl methyl sites for hydroxylation is 2. The molecule has 0 saturated carbocycles. The Balaban J connectivity index is 2.34. The van der Waals surface area contributed by atoms with E-state index in [1.807, 2.05) is 31.0 Å². The molecule has 2 rings (SSSR count). The molecule has 7 heteroatoms. The molecule has 0 aliphatic rings. The normalized spacial score (nSPS) is 10.7. The molecule has 2 aromatic rings. The minimum Gasteiger partial charge on any atom is -0.350 e. The minimum atomic E-state index is -0.362. The highest BCUT2D eigenvalue weighted by Crippen LogP contribution is 2.31. The zero-order valence-corrected chi connectivity index (χ0v) is 13.0. The number of nitrogens with zero attached hydrogens (tertiary/aromatic N) is 4. The molecular weight excluding hydrogens is 292 g/mol. The van der Waals surface area contributed by atoms with Gasteiger partial charge in [-0.2, -0.15) is 5.10 Å². The summed E-state index contributed by atoms with van der Waals surface area (Å²) in [6.45, 7) is 2.40. The molecule has 0 aliphatic heterocycles. The van der Waals surface area contributed by atoms with Crippen LogP contribution in [0.2, 0.25) is 5.02 Å². The summed E-state index contributed by atoms with van der Waals surface area (Å²) in [5.74, 6) is 0.506. The van der Waals surface area contributed by atoms with Crippen LogP contribution in [0.5, 0.6) is 0 Å². The predicted octanol–water partition coefficient (Wildman–Crippen LogP) is 3.18. The maximum atomic E-state index is 11.3. The molecule has 0 aliphatic carbocycles. The molecule has 0 radical (unpaired) electrons. The van der Waals surface area contributed by atoms with E-state index >= 15 is 0 Å². The highest BCUT2D eigenvalue weighted by Gasteiger charge is 2.28. The van der Waals surface area contributed by atoms with Crippen LogP contribution in [0.1, 0.15) is 18.2 Å². The molecular formula is C14H17ClN4O2. The summed E-state index contributed by atoms with van der Waals surface area (Å²) in [4.78, 5) is 12.8. The number of halogens is 1. The summed E-state index contributed by atoms with van der Waals surface area (Å²) in [5, 5.41) is 16.2. The van der Waals surface area contributed by atoms with Gasteiger partial charge in [-0.25, -0.2) is 4.68 Å². The van der Waals surface area contributed by atoms with Crippen LogP contribution in [0.15, 0.2) is 24.3 Å². The van der Waals surface area contributed by atoms with Gasteiger partial charge in [0, 0.05) is 25.7 Å². The minimum absolute atomic E-state index is 0.0801. The second kappa shape index (κ2) is 6.13. The van der Waals surface area contributed by atoms with Gasteiger partial charge in [-0.3, -0.25) is 10.1 Å². The van der Waals surface area contributed by atoms with Gasteiger partial charge in [0.15, 0.2) is 0 Å². The van der Waals surface area contributed by atoms with Crippen molar-refractivity contribution in [2.45, 2.75) is 19.9 Å². The molecule has 0 spiro atoms. The van der Waals surface area contributed by atoms with Gasteiger partial charge in [-0.1, -0.05) is 30.7 Å². The van der Waals surface area contributed by atoms with E-state index < -0.39 is 0 Å². The molecule has 112 valence electrons. The van der Waals surface area contributed by atoms with Crippen molar-refractivity contribution in [3.63, 3.8) is 0 Å². The number of nitro groups is 1.